The average molecular weight is 186 g/mol. The van der Waals surface area contributed by atoms with Gasteiger partial charge in [0.2, 0.25) is 0 Å². The summed E-state index contributed by atoms with van der Waals surface area (Å²) in [6.07, 6.45) is 2.13. The maximum absolute atomic E-state index is 10.9. The molecule has 0 aromatic carbocycles. The molecule has 2 N–H and O–H groups in total. The van der Waals surface area contributed by atoms with E-state index in [4.69, 9.17) is 5.73 Å². The fraction of sp³-hybridized carbons (Fsp3) is 0.429. The molecule has 0 unspecified atom stereocenters. The van der Waals surface area contributed by atoms with Crippen LogP contribution in [0.2, 0.25) is 0 Å². The minimum Gasteiger partial charge on any atom is -0.468 e. The summed E-state index contributed by atoms with van der Waals surface area (Å²) in [7, 11) is 1.32. The number of hydrogen-bond acceptors (Lipinski definition) is 5. The number of nitrogens with zero attached hydrogens (tertiary/aromatic N) is 1. The van der Waals surface area contributed by atoms with Gasteiger partial charge in [-0.25, -0.2) is 4.98 Å². The Kier molecular flexibility index (Phi) is 3.19. The number of hydrogen-bond donors (Lipinski definition) is 1. The zero-order chi connectivity index (χ0) is 8.97. The molecule has 0 radical (unpaired) electrons. The molecule has 0 aliphatic carbocycles. The van der Waals surface area contributed by atoms with Crippen LogP contribution in [-0.2, 0) is 16.0 Å². The largest absolute Gasteiger partial charge is 0.468 e. The Morgan fingerprint density at radius 3 is 3.17 bits per heavy atom. The molecule has 0 spiro atoms. The predicted octanol–water partition coefficient (Wildman–Crippen LogP) is 0.186. The summed E-state index contributed by atoms with van der Waals surface area (Å²) in [5.41, 5.74) is 5.51. The second-order valence-electron chi connectivity index (χ2n) is 2.26. The quantitative estimate of drug-likeness (QED) is 0.684. The van der Waals surface area contributed by atoms with Gasteiger partial charge in [-0.15, -0.1) is 11.3 Å². The third kappa shape index (κ3) is 2.28. The first kappa shape index (κ1) is 9.15. The fourth-order valence-corrected chi connectivity index (χ4v) is 1.45. The molecule has 0 amide bonds. The van der Waals surface area contributed by atoms with E-state index >= 15 is 0 Å². The van der Waals surface area contributed by atoms with Gasteiger partial charge in [0, 0.05) is 18.0 Å². The van der Waals surface area contributed by atoms with E-state index in [2.05, 4.69) is 9.72 Å². The number of carbonyl (C=O) groups is 1. The zero-order valence-corrected chi connectivity index (χ0v) is 7.50. The monoisotopic (exact) mass is 186 g/mol. The van der Waals surface area contributed by atoms with Crippen LogP contribution in [0.4, 0.5) is 0 Å². The van der Waals surface area contributed by atoms with Gasteiger partial charge in [-0.1, -0.05) is 0 Å². The maximum Gasteiger partial charge on any atom is 0.323 e. The van der Waals surface area contributed by atoms with E-state index in [0.717, 1.165) is 5.01 Å². The van der Waals surface area contributed by atoms with Gasteiger partial charge in [0.1, 0.15) is 6.04 Å². The summed E-state index contributed by atoms with van der Waals surface area (Å²) in [6.45, 7) is 0. The number of carbonyl (C=O) groups excluding carboxylic acids is 1. The molecule has 0 fully saturated rings. The Balaban J connectivity index is 2.47. The molecule has 0 aliphatic rings. The Morgan fingerprint density at radius 2 is 2.67 bits per heavy atom. The number of esters is 1. The van der Waals surface area contributed by atoms with Crippen molar-refractivity contribution in [2.75, 3.05) is 7.11 Å². The van der Waals surface area contributed by atoms with Crippen molar-refractivity contribution in [1.82, 2.24) is 4.98 Å². The first-order chi connectivity index (χ1) is 5.74. The molecule has 0 bridgehead atoms. The van der Waals surface area contributed by atoms with Gasteiger partial charge >= 0.3 is 5.97 Å². The van der Waals surface area contributed by atoms with Crippen LogP contribution in [0.5, 0.6) is 0 Å². The van der Waals surface area contributed by atoms with Crippen LogP contribution in [0.1, 0.15) is 5.01 Å². The highest BCUT2D eigenvalue weighted by Gasteiger charge is 2.14. The standard InChI is InChI=1S/C7H10N2O2S/c1-11-7(10)5(8)4-6-9-2-3-12-6/h2-3,5H,4,8H2,1H3/t5-/m1/s1. The summed E-state index contributed by atoms with van der Waals surface area (Å²) in [5.74, 6) is -0.398. The lowest BCUT2D eigenvalue weighted by Crippen LogP contribution is -2.33. The Hall–Kier alpha value is -0.940. The van der Waals surface area contributed by atoms with E-state index in [-0.39, 0.29) is 0 Å². The average Bonchev–Trinajstić information content (AvgIpc) is 2.55. The molecule has 0 aliphatic heterocycles. The third-order valence-corrected chi connectivity index (χ3v) is 2.18. The summed E-state index contributed by atoms with van der Waals surface area (Å²) in [6, 6.07) is -0.596. The number of thiazole rings is 1. The Bertz CT molecular complexity index is 248. The van der Waals surface area contributed by atoms with Crippen LogP contribution in [0.25, 0.3) is 0 Å². The molecule has 12 heavy (non-hydrogen) atoms. The van der Waals surface area contributed by atoms with Gasteiger partial charge in [-0.2, -0.15) is 0 Å². The van der Waals surface area contributed by atoms with Crippen LogP contribution >= 0.6 is 11.3 Å². The molecule has 1 aromatic heterocycles. The van der Waals surface area contributed by atoms with E-state index in [1.165, 1.54) is 18.4 Å². The van der Waals surface area contributed by atoms with Crippen molar-refractivity contribution in [2.24, 2.45) is 5.73 Å². The molecule has 1 rings (SSSR count). The molecule has 5 heteroatoms. The van der Waals surface area contributed by atoms with Crippen LogP contribution in [0, 0.1) is 0 Å². The summed E-state index contributed by atoms with van der Waals surface area (Å²) in [4.78, 5) is 14.9. The van der Waals surface area contributed by atoms with Gasteiger partial charge in [-0.3, -0.25) is 4.79 Å². The van der Waals surface area contributed by atoms with Crippen molar-refractivity contribution in [3.8, 4) is 0 Å². The second-order valence-corrected chi connectivity index (χ2v) is 3.24. The lowest BCUT2D eigenvalue weighted by molar-refractivity contribution is -0.142. The zero-order valence-electron chi connectivity index (χ0n) is 6.69. The molecule has 4 nitrogen and oxygen atoms in total. The van der Waals surface area contributed by atoms with Crippen molar-refractivity contribution in [1.29, 1.82) is 0 Å². The lowest BCUT2D eigenvalue weighted by Gasteiger charge is -2.05. The van der Waals surface area contributed by atoms with Gasteiger partial charge in [-0.05, 0) is 0 Å². The molecule has 1 aromatic rings. The van der Waals surface area contributed by atoms with Crippen LogP contribution in [-0.4, -0.2) is 24.1 Å². The number of rotatable bonds is 3. The Morgan fingerprint density at radius 1 is 1.92 bits per heavy atom. The molecule has 1 heterocycles. The van der Waals surface area contributed by atoms with Gasteiger partial charge < -0.3 is 10.5 Å². The molecule has 0 saturated heterocycles. The highest BCUT2D eigenvalue weighted by atomic mass is 32.1. The Labute approximate surface area is 74.4 Å². The van der Waals surface area contributed by atoms with E-state index in [9.17, 15) is 4.79 Å². The van der Waals surface area contributed by atoms with Crippen LogP contribution < -0.4 is 5.73 Å². The molecular formula is C7H10N2O2S. The fourth-order valence-electron chi connectivity index (χ4n) is 0.777. The lowest BCUT2D eigenvalue weighted by atomic mass is 10.2. The first-order valence-electron chi connectivity index (χ1n) is 3.46. The van der Waals surface area contributed by atoms with E-state index < -0.39 is 12.0 Å². The first-order valence-corrected chi connectivity index (χ1v) is 4.33. The summed E-state index contributed by atoms with van der Waals surface area (Å²) >= 11 is 1.48. The highest BCUT2D eigenvalue weighted by molar-refractivity contribution is 7.09. The maximum atomic E-state index is 10.9. The van der Waals surface area contributed by atoms with E-state index in [0.29, 0.717) is 6.42 Å². The topological polar surface area (TPSA) is 65.2 Å². The number of methoxy groups -OCH3 is 1. The smallest absolute Gasteiger partial charge is 0.323 e. The minimum atomic E-state index is -0.596. The van der Waals surface area contributed by atoms with Gasteiger partial charge in [0.25, 0.3) is 0 Å². The SMILES string of the molecule is COC(=O)[C@H](N)Cc1nccs1. The van der Waals surface area contributed by atoms with Gasteiger partial charge in [0.15, 0.2) is 0 Å². The minimum absolute atomic E-state index is 0.398. The van der Waals surface area contributed by atoms with E-state index in [1.807, 2.05) is 5.38 Å². The molecular weight excluding hydrogens is 176 g/mol. The molecule has 0 saturated carbocycles. The third-order valence-electron chi connectivity index (χ3n) is 1.38. The van der Waals surface area contributed by atoms with Crippen LogP contribution in [0.15, 0.2) is 11.6 Å². The second kappa shape index (κ2) is 4.18. The number of aromatic nitrogens is 1. The summed E-state index contributed by atoms with van der Waals surface area (Å²) in [5, 5.41) is 2.70. The summed E-state index contributed by atoms with van der Waals surface area (Å²) < 4.78 is 4.47. The number of nitrogens with two attached hydrogens (primary N) is 1. The van der Waals surface area contributed by atoms with Crippen molar-refractivity contribution < 1.29 is 9.53 Å². The normalized spacial score (nSPS) is 12.5. The molecule has 66 valence electrons. The van der Waals surface area contributed by atoms with Crippen molar-refractivity contribution in [2.45, 2.75) is 12.5 Å². The van der Waals surface area contributed by atoms with Gasteiger partial charge in [0.05, 0.1) is 12.1 Å². The van der Waals surface area contributed by atoms with Crippen LogP contribution in [0.3, 0.4) is 0 Å². The van der Waals surface area contributed by atoms with Crippen molar-refractivity contribution >= 4 is 17.3 Å². The predicted molar refractivity (Wildman–Crippen MR) is 45.8 cm³/mol. The highest BCUT2D eigenvalue weighted by Crippen LogP contribution is 2.06. The van der Waals surface area contributed by atoms with E-state index in [1.54, 1.807) is 6.20 Å². The van der Waals surface area contributed by atoms with Crippen molar-refractivity contribution in [3.05, 3.63) is 16.6 Å². The number of ether oxygens (including phenoxy) is 1. The van der Waals surface area contributed by atoms with Crippen molar-refractivity contribution in [3.63, 3.8) is 0 Å². The molecule has 1 atom stereocenters.